The number of phenolic OH excluding ortho intramolecular Hbond substituents is 1. The van der Waals surface area contributed by atoms with E-state index < -0.39 is 0 Å². The van der Waals surface area contributed by atoms with Gasteiger partial charge in [-0.05, 0) is 31.5 Å². The highest BCUT2D eigenvalue weighted by atomic mass is 16.3. The van der Waals surface area contributed by atoms with Crippen LogP contribution < -0.4 is 0 Å². The molecule has 5 heteroatoms. The Morgan fingerprint density at radius 1 is 1.45 bits per heavy atom. The van der Waals surface area contributed by atoms with Crippen molar-refractivity contribution in [2.24, 2.45) is 7.05 Å². The number of imidazole rings is 1. The average molecular weight is 273 g/mol. The van der Waals surface area contributed by atoms with E-state index >= 15 is 0 Å². The van der Waals surface area contributed by atoms with E-state index in [-0.39, 0.29) is 11.7 Å². The molecule has 0 aliphatic heterocycles. The van der Waals surface area contributed by atoms with E-state index in [2.05, 4.69) is 4.98 Å². The van der Waals surface area contributed by atoms with Gasteiger partial charge in [-0.3, -0.25) is 4.79 Å². The van der Waals surface area contributed by atoms with Crippen LogP contribution in [0.5, 0.6) is 5.75 Å². The van der Waals surface area contributed by atoms with Gasteiger partial charge < -0.3 is 14.6 Å². The first-order chi connectivity index (χ1) is 9.52. The lowest BCUT2D eigenvalue weighted by Gasteiger charge is -2.21. The van der Waals surface area contributed by atoms with E-state index in [0.717, 1.165) is 11.4 Å². The molecule has 2 aromatic rings. The highest BCUT2D eigenvalue weighted by Crippen LogP contribution is 2.19. The quantitative estimate of drug-likeness (QED) is 0.928. The topological polar surface area (TPSA) is 58.4 Å². The molecule has 0 saturated heterocycles. The molecule has 0 spiro atoms. The molecule has 106 valence electrons. The van der Waals surface area contributed by atoms with Crippen molar-refractivity contribution in [2.75, 3.05) is 6.54 Å². The van der Waals surface area contributed by atoms with Gasteiger partial charge >= 0.3 is 0 Å². The van der Waals surface area contributed by atoms with E-state index in [0.29, 0.717) is 18.7 Å². The fourth-order valence-corrected chi connectivity index (χ4v) is 1.97. The summed E-state index contributed by atoms with van der Waals surface area (Å²) in [4.78, 5) is 18.4. The fraction of sp³-hybridized carbons (Fsp3) is 0.333. The van der Waals surface area contributed by atoms with Gasteiger partial charge in [0.25, 0.3) is 5.91 Å². The van der Waals surface area contributed by atoms with Crippen LogP contribution in [-0.4, -0.2) is 32.0 Å². The van der Waals surface area contributed by atoms with Crippen molar-refractivity contribution >= 4 is 5.91 Å². The van der Waals surface area contributed by atoms with Crippen LogP contribution in [0.25, 0.3) is 0 Å². The van der Waals surface area contributed by atoms with E-state index in [4.69, 9.17) is 0 Å². The summed E-state index contributed by atoms with van der Waals surface area (Å²) in [6, 6.07) is 4.99. The van der Waals surface area contributed by atoms with Crippen LogP contribution in [0, 0.1) is 6.92 Å². The van der Waals surface area contributed by atoms with Crippen molar-refractivity contribution in [3.63, 3.8) is 0 Å². The van der Waals surface area contributed by atoms with Gasteiger partial charge in [-0.25, -0.2) is 4.98 Å². The van der Waals surface area contributed by atoms with Crippen LogP contribution in [0.2, 0.25) is 0 Å². The number of carbonyl (C=O) groups excluding carboxylic acids is 1. The number of hydrogen-bond donors (Lipinski definition) is 1. The zero-order valence-electron chi connectivity index (χ0n) is 12.0. The Bertz CT molecular complexity index is 619. The minimum absolute atomic E-state index is 0.106. The first-order valence-corrected chi connectivity index (χ1v) is 6.58. The molecule has 1 aromatic heterocycles. The summed E-state index contributed by atoms with van der Waals surface area (Å²) in [6.45, 7) is 4.76. The second kappa shape index (κ2) is 5.77. The number of benzene rings is 1. The molecule has 0 aliphatic rings. The highest BCUT2D eigenvalue weighted by molar-refractivity contribution is 5.94. The number of aryl methyl sites for hydroxylation is 2. The molecule has 2 rings (SSSR count). The molecular weight excluding hydrogens is 254 g/mol. The number of phenols is 1. The molecule has 0 fully saturated rings. The Morgan fingerprint density at radius 3 is 2.75 bits per heavy atom. The number of rotatable bonds is 4. The van der Waals surface area contributed by atoms with Crippen LogP contribution in [0.15, 0.2) is 30.6 Å². The third-order valence-corrected chi connectivity index (χ3v) is 3.38. The Balaban J connectivity index is 2.20. The normalized spacial score (nSPS) is 10.6. The van der Waals surface area contributed by atoms with Crippen LogP contribution in [0.3, 0.4) is 0 Å². The van der Waals surface area contributed by atoms with Gasteiger partial charge in [0.1, 0.15) is 11.6 Å². The van der Waals surface area contributed by atoms with Crippen molar-refractivity contribution in [3.8, 4) is 5.75 Å². The fourth-order valence-electron chi connectivity index (χ4n) is 1.97. The van der Waals surface area contributed by atoms with Crippen molar-refractivity contribution in [1.29, 1.82) is 0 Å². The summed E-state index contributed by atoms with van der Waals surface area (Å²) in [5.74, 6) is 0.867. The molecule has 20 heavy (non-hydrogen) atoms. The number of aromatic hydroxyl groups is 1. The molecule has 0 atom stereocenters. The maximum absolute atomic E-state index is 12.5. The molecule has 0 radical (unpaired) electrons. The third-order valence-electron chi connectivity index (χ3n) is 3.38. The molecule has 0 bridgehead atoms. The Kier molecular flexibility index (Phi) is 4.08. The van der Waals surface area contributed by atoms with E-state index in [9.17, 15) is 9.90 Å². The molecule has 0 unspecified atom stereocenters. The van der Waals surface area contributed by atoms with Gasteiger partial charge in [0.2, 0.25) is 0 Å². The molecule has 0 aliphatic carbocycles. The van der Waals surface area contributed by atoms with Gasteiger partial charge in [-0.15, -0.1) is 0 Å². The van der Waals surface area contributed by atoms with Crippen molar-refractivity contribution in [2.45, 2.75) is 20.4 Å². The number of aromatic nitrogens is 2. The summed E-state index contributed by atoms with van der Waals surface area (Å²) in [6.07, 6.45) is 3.57. The standard InChI is InChI=1S/C15H19N3O2/c1-4-18(10-14-16-7-8-17(14)3)15(20)12-6-5-11(2)13(19)9-12/h5-9,19H,4,10H2,1-3H3. The summed E-state index contributed by atoms with van der Waals surface area (Å²) >= 11 is 0. The minimum Gasteiger partial charge on any atom is -0.508 e. The molecule has 5 nitrogen and oxygen atoms in total. The minimum atomic E-state index is -0.106. The average Bonchev–Trinajstić information content (AvgIpc) is 2.83. The highest BCUT2D eigenvalue weighted by Gasteiger charge is 2.17. The number of carbonyl (C=O) groups is 1. The molecule has 1 amide bonds. The lowest BCUT2D eigenvalue weighted by Crippen LogP contribution is -2.31. The summed E-state index contributed by atoms with van der Waals surface area (Å²) in [5, 5.41) is 9.72. The van der Waals surface area contributed by atoms with E-state index in [1.54, 1.807) is 30.2 Å². The molecule has 1 heterocycles. The van der Waals surface area contributed by atoms with Crippen LogP contribution in [0.4, 0.5) is 0 Å². The van der Waals surface area contributed by atoms with Gasteiger partial charge in [-0.2, -0.15) is 0 Å². The summed E-state index contributed by atoms with van der Waals surface area (Å²) < 4.78 is 1.89. The smallest absolute Gasteiger partial charge is 0.254 e. The maximum Gasteiger partial charge on any atom is 0.254 e. The van der Waals surface area contributed by atoms with Crippen molar-refractivity contribution < 1.29 is 9.90 Å². The first-order valence-electron chi connectivity index (χ1n) is 6.58. The molecule has 1 aromatic carbocycles. The summed E-state index contributed by atoms with van der Waals surface area (Å²) in [7, 11) is 1.90. The molecule has 1 N–H and O–H groups in total. The van der Waals surface area contributed by atoms with Crippen LogP contribution in [-0.2, 0) is 13.6 Å². The second-order valence-electron chi connectivity index (χ2n) is 4.77. The largest absolute Gasteiger partial charge is 0.508 e. The van der Waals surface area contributed by atoms with Crippen LogP contribution in [0.1, 0.15) is 28.7 Å². The van der Waals surface area contributed by atoms with E-state index in [1.165, 1.54) is 6.07 Å². The Morgan fingerprint density at radius 2 is 2.20 bits per heavy atom. The Labute approximate surface area is 118 Å². The third kappa shape index (κ3) is 2.82. The number of amides is 1. The molecule has 0 saturated carbocycles. The zero-order valence-corrected chi connectivity index (χ0v) is 12.0. The Hall–Kier alpha value is -2.30. The second-order valence-corrected chi connectivity index (χ2v) is 4.77. The van der Waals surface area contributed by atoms with Gasteiger partial charge in [-0.1, -0.05) is 6.07 Å². The van der Waals surface area contributed by atoms with Gasteiger partial charge in [0, 0.05) is 31.5 Å². The van der Waals surface area contributed by atoms with E-state index in [1.807, 2.05) is 24.7 Å². The van der Waals surface area contributed by atoms with Gasteiger partial charge in [0.05, 0.1) is 6.54 Å². The van der Waals surface area contributed by atoms with Crippen LogP contribution >= 0.6 is 0 Å². The van der Waals surface area contributed by atoms with Crippen molar-refractivity contribution in [3.05, 3.63) is 47.5 Å². The predicted octanol–water partition coefficient (Wildman–Crippen LogP) is 2.10. The maximum atomic E-state index is 12.5. The molecular formula is C15H19N3O2. The zero-order chi connectivity index (χ0) is 14.7. The summed E-state index contributed by atoms with van der Waals surface area (Å²) in [5.41, 5.74) is 1.25. The number of nitrogens with zero attached hydrogens (tertiary/aromatic N) is 3. The van der Waals surface area contributed by atoms with Gasteiger partial charge in [0.15, 0.2) is 0 Å². The SMILES string of the molecule is CCN(Cc1nccn1C)C(=O)c1ccc(C)c(O)c1. The number of hydrogen-bond acceptors (Lipinski definition) is 3. The lowest BCUT2D eigenvalue weighted by atomic mass is 10.1. The predicted molar refractivity (Wildman–Crippen MR) is 76.5 cm³/mol. The lowest BCUT2D eigenvalue weighted by molar-refractivity contribution is 0.0747. The monoisotopic (exact) mass is 273 g/mol. The van der Waals surface area contributed by atoms with Crippen molar-refractivity contribution in [1.82, 2.24) is 14.5 Å². The first kappa shape index (κ1) is 14.1.